The van der Waals surface area contributed by atoms with Gasteiger partial charge >= 0.3 is 0 Å². The normalized spacial score (nSPS) is 14.5. The number of hydrogen-bond acceptors (Lipinski definition) is 2. The van der Waals surface area contributed by atoms with Crippen LogP contribution in [0.5, 0.6) is 0 Å². The van der Waals surface area contributed by atoms with E-state index in [1.54, 1.807) is 23.9 Å². The molecule has 1 aromatic rings. The first-order valence-electron chi connectivity index (χ1n) is 6.53. The van der Waals surface area contributed by atoms with Crippen molar-refractivity contribution in [2.45, 2.75) is 19.3 Å². The highest BCUT2D eigenvalue weighted by molar-refractivity contribution is 5.93. The van der Waals surface area contributed by atoms with Crippen LogP contribution < -0.4 is 0 Å². The smallest absolute Gasteiger partial charge is 0.253 e. The molecule has 1 heterocycles. The fourth-order valence-electron chi connectivity index (χ4n) is 1.78. The molecule has 1 aliphatic rings. The zero-order valence-electron chi connectivity index (χ0n) is 11.9. The van der Waals surface area contributed by atoms with Crippen molar-refractivity contribution in [3.05, 3.63) is 35.9 Å². The van der Waals surface area contributed by atoms with Crippen LogP contribution >= 0.6 is 0 Å². The van der Waals surface area contributed by atoms with Gasteiger partial charge in [0.2, 0.25) is 5.91 Å². The Morgan fingerprint density at radius 3 is 2.21 bits per heavy atom. The van der Waals surface area contributed by atoms with Gasteiger partial charge in [-0.05, 0) is 25.0 Å². The molecule has 0 atom stereocenters. The van der Waals surface area contributed by atoms with Gasteiger partial charge in [0.05, 0.1) is 0 Å². The molecule has 0 N–H and O–H groups in total. The monoisotopic (exact) mass is 262 g/mol. The van der Waals surface area contributed by atoms with E-state index in [1.165, 1.54) is 6.42 Å². The van der Waals surface area contributed by atoms with Crippen LogP contribution in [0.1, 0.15) is 29.6 Å². The first kappa shape index (κ1) is 15.2. The van der Waals surface area contributed by atoms with Crippen LogP contribution in [0, 0.1) is 0 Å². The quantitative estimate of drug-likeness (QED) is 0.777. The maximum absolute atomic E-state index is 11.3. The van der Waals surface area contributed by atoms with Crippen LogP contribution in [-0.2, 0) is 4.79 Å². The Bertz CT molecular complexity index is 415. The van der Waals surface area contributed by atoms with Crippen molar-refractivity contribution in [3.63, 3.8) is 0 Å². The highest BCUT2D eigenvalue weighted by Crippen LogP contribution is 2.06. The summed E-state index contributed by atoms with van der Waals surface area (Å²) in [5.74, 6) is 0.349. The number of rotatable bonds is 1. The van der Waals surface area contributed by atoms with Crippen LogP contribution in [0.3, 0.4) is 0 Å². The second-order valence-electron chi connectivity index (χ2n) is 4.84. The first-order chi connectivity index (χ1) is 9.02. The second kappa shape index (κ2) is 7.56. The third-order valence-corrected chi connectivity index (χ3v) is 2.99. The Balaban J connectivity index is 0.000000200. The van der Waals surface area contributed by atoms with Gasteiger partial charge in [-0.2, -0.15) is 0 Å². The van der Waals surface area contributed by atoms with Gasteiger partial charge in [0.15, 0.2) is 0 Å². The molecule has 1 aromatic carbocycles. The average Bonchev–Trinajstić information content (AvgIpc) is 2.43. The zero-order valence-corrected chi connectivity index (χ0v) is 11.9. The van der Waals surface area contributed by atoms with E-state index in [9.17, 15) is 9.59 Å². The standard InChI is InChI=1S/C9H11NO.C6H11NO/c1-10(2)9(11)8-6-4-3-5-7-8;1-7-5-3-2-4-6(7)8/h3-7H,1-2H3;2-5H2,1H3. The van der Waals surface area contributed by atoms with Gasteiger partial charge < -0.3 is 9.80 Å². The van der Waals surface area contributed by atoms with Crippen LogP contribution in [0.2, 0.25) is 0 Å². The highest BCUT2D eigenvalue weighted by Gasteiger charge is 2.12. The van der Waals surface area contributed by atoms with Crippen LogP contribution in [0.25, 0.3) is 0 Å². The molecule has 2 amide bonds. The maximum Gasteiger partial charge on any atom is 0.253 e. The largest absolute Gasteiger partial charge is 0.346 e. The summed E-state index contributed by atoms with van der Waals surface area (Å²) in [4.78, 5) is 25.4. The van der Waals surface area contributed by atoms with Crippen molar-refractivity contribution >= 4 is 11.8 Å². The van der Waals surface area contributed by atoms with Gasteiger partial charge in [-0.25, -0.2) is 0 Å². The number of carbonyl (C=O) groups is 2. The van der Waals surface area contributed by atoms with Crippen molar-refractivity contribution in [2.75, 3.05) is 27.7 Å². The summed E-state index contributed by atoms with van der Waals surface area (Å²) >= 11 is 0. The highest BCUT2D eigenvalue weighted by atomic mass is 16.2. The molecule has 2 rings (SSSR count). The lowest BCUT2D eigenvalue weighted by Gasteiger charge is -2.21. The van der Waals surface area contributed by atoms with Gasteiger partial charge in [-0.1, -0.05) is 18.2 Å². The fourth-order valence-corrected chi connectivity index (χ4v) is 1.78. The lowest BCUT2D eigenvalue weighted by molar-refractivity contribution is -0.131. The Hall–Kier alpha value is -1.84. The fraction of sp³-hybridized carbons (Fsp3) is 0.467. The molecule has 0 radical (unpaired) electrons. The lowest BCUT2D eigenvalue weighted by Crippen LogP contribution is -2.31. The molecule has 1 aliphatic heterocycles. The molecule has 0 unspecified atom stereocenters. The number of nitrogens with zero attached hydrogens (tertiary/aromatic N) is 2. The third-order valence-electron chi connectivity index (χ3n) is 2.99. The lowest BCUT2D eigenvalue weighted by atomic mass is 10.1. The number of likely N-dealkylation sites (tertiary alicyclic amines) is 1. The minimum absolute atomic E-state index is 0.0469. The van der Waals surface area contributed by atoms with Gasteiger partial charge in [0.1, 0.15) is 0 Å². The summed E-state index contributed by atoms with van der Waals surface area (Å²) in [6.45, 7) is 0.957. The molecular weight excluding hydrogens is 240 g/mol. The van der Waals surface area contributed by atoms with Crippen molar-refractivity contribution in [2.24, 2.45) is 0 Å². The van der Waals surface area contributed by atoms with E-state index in [4.69, 9.17) is 0 Å². The molecule has 1 saturated heterocycles. The second-order valence-corrected chi connectivity index (χ2v) is 4.84. The molecular formula is C15H22N2O2. The molecule has 1 fully saturated rings. The molecule has 19 heavy (non-hydrogen) atoms. The van der Waals surface area contributed by atoms with Gasteiger partial charge in [0.25, 0.3) is 5.91 Å². The molecule has 104 valence electrons. The number of piperidine rings is 1. The molecule has 0 aromatic heterocycles. The predicted octanol–water partition coefficient (Wildman–Crippen LogP) is 2.02. The SMILES string of the molecule is CN(C)C(=O)c1ccccc1.CN1CCCCC1=O. The summed E-state index contributed by atoms with van der Waals surface area (Å²) in [5, 5.41) is 0. The van der Waals surface area contributed by atoms with E-state index in [-0.39, 0.29) is 5.91 Å². The number of amides is 2. The average molecular weight is 262 g/mol. The molecule has 4 heteroatoms. The van der Waals surface area contributed by atoms with Crippen molar-refractivity contribution in [1.29, 1.82) is 0 Å². The Kier molecular flexibility index (Phi) is 6.06. The van der Waals surface area contributed by atoms with Crippen molar-refractivity contribution < 1.29 is 9.59 Å². The van der Waals surface area contributed by atoms with Gasteiger partial charge in [0, 0.05) is 39.7 Å². The summed E-state index contributed by atoms with van der Waals surface area (Å²) in [6.07, 6.45) is 3.03. The topological polar surface area (TPSA) is 40.6 Å². The summed E-state index contributed by atoms with van der Waals surface area (Å²) in [5.41, 5.74) is 0.734. The van der Waals surface area contributed by atoms with E-state index in [2.05, 4.69) is 0 Å². The first-order valence-corrected chi connectivity index (χ1v) is 6.53. The summed E-state index contributed by atoms with van der Waals surface area (Å²) < 4.78 is 0. The minimum Gasteiger partial charge on any atom is -0.346 e. The summed E-state index contributed by atoms with van der Waals surface area (Å²) in [6, 6.07) is 9.23. The van der Waals surface area contributed by atoms with Crippen molar-refractivity contribution in [3.8, 4) is 0 Å². The predicted molar refractivity (Wildman–Crippen MR) is 75.9 cm³/mol. The Morgan fingerprint density at radius 2 is 1.79 bits per heavy atom. The number of benzene rings is 1. The van der Waals surface area contributed by atoms with Crippen LogP contribution in [0.4, 0.5) is 0 Å². The number of carbonyl (C=O) groups excluding carboxylic acids is 2. The van der Waals surface area contributed by atoms with E-state index < -0.39 is 0 Å². The third kappa shape index (κ3) is 5.12. The van der Waals surface area contributed by atoms with E-state index >= 15 is 0 Å². The maximum atomic E-state index is 11.3. The van der Waals surface area contributed by atoms with E-state index in [0.29, 0.717) is 5.91 Å². The molecule has 0 bridgehead atoms. The minimum atomic E-state index is 0.0469. The molecule has 0 aliphatic carbocycles. The van der Waals surface area contributed by atoms with Crippen LogP contribution in [0.15, 0.2) is 30.3 Å². The number of hydrogen-bond donors (Lipinski definition) is 0. The molecule has 0 saturated carbocycles. The molecule has 4 nitrogen and oxygen atoms in total. The van der Waals surface area contributed by atoms with E-state index in [0.717, 1.165) is 24.9 Å². The van der Waals surface area contributed by atoms with Gasteiger partial charge in [-0.15, -0.1) is 0 Å². The summed E-state index contributed by atoms with van der Waals surface area (Å²) in [7, 11) is 5.35. The van der Waals surface area contributed by atoms with Crippen LogP contribution in [-0.4, -0.2) is 49.3 Å². The Morgan fingerprint density at radius 1 is 1.16 bits per heavy atom. The zero-order chi connectivity index (χ0) is 14.3. The van der Waals surface area contributed by atoms with Gasteiger partial charge in [-0.3, -0.25) is 9.59 Å². The molecule has 0 spiro atoms. The Labute approximate surface area is 115 Å². The van der Waals surface area contributed by atoms with E-state index in [1.807, 2.05) is 37.4 Å². The van der Waals surface area contributed by atoms with Crippen molar-refractivity contribution in [1.82, 2.24) is 9.80 Å².